The molecule has 2 N–H and O–H groups in total. The lowest BCUT2D eigenvalue weighted by molar-refractivity contribution is 0.254. The Bertz CT molecular complexity index is 1090. The molecule has 0 radical (unpaired) electrons. The molecule has 2 aromatic carbocycles. The van der Waals surface area contributed by atoms with Crippen LogP contribution in [0, 0.1) is 0 Å². The minimum atomic E-state index is 0.694. The van der Waals surface area contributed by atoms with Gasteiger partial charge in [-0.1, -0.05) is 6.07 Å². The van der Waals surface area contributed by atoms with Gasteiger partial charge in [-0.25, -0.2) is 0 Å². The van der Waals surface area contributed by atoms with Crippen molar-refractivity contribution in [3.63, 3.8) is 0 Å². The fraction of sp³-hybridized carbons (Fsp3) is 0.400. The predicted octanol–water partition coefficient (Wildman–Crippen LogP) is 4.61. The first-order valence-electron chi connectivity index (χ1n) is 11.3. The van der Waals surface area contributed by atoms with Crippen molar-refractivity contribution < 1.29 is 14.2 Å². The smallest absolute Gasteiger partial charge is 0.161 e. The van der Waals surface area contributed by atoms with Crippen molar-refractivity contribution in [2.45, 2.75) is 25.7 Å². The monoisotopic (exact) mass is 434 g/mol. The van der Waals surface area contributed by atoms with Crippen LogP contribution in [0.5, 0.6) is 17.2 Å². The number of aromatic nitrogens is 2. The van der Waals surface area contributed by atoms with Gasteiger partial charge in [-0.3, -0.25) is 5.10 Å². The molecule has 0 amide bonds. The van der Waals surface area contributed by atoms with Gasteiger partial charge in [-0.2, -0.15) is 5.10 Å². The summed E-state index contributed by atoms with van der Waals surface area (Å²) < 4.78 is 17.1. The maximum absolute atomic E-state index is 6.13. The van der Waals surface area contributed by atoms with Crippen molar-refractivity contribution in [1.29, 1.82) is 0 Å². The van der Waals surface area contributed by atoms with E-state index < -0.39 is 0 Å². The molecular weight excluding hydrogens is 404 g/mol. The van der Waals surface area contributed by atoms with Gasteiger partial charge >= 0.3 is 0 Å². The Labute approximate surface area is 188 Å². The minimum Gasteiger partial charge on any atom is -0.497 e. The molecule has 1 fully saturated rings. The number of nitrogens with zero attached hydrogens (tertiary/aromatic N) is 2. The number of fused-ring (bicyclic) bond motifs is 3. The van der Waals surface area contributed by atoms with Crippen LogP contribution in [-0.4, -0.2) is 55.6 Å². The number of likely N-dealkylation sites (tertiary alicyclic amines) is 1. The number of benzene rings is 2. The lowest BCUT2D eigenvalue weighted by Gasteiger charge is -2.16. The molecule has 0 bridgehead atoms. The van der Waals surface area contributed by atoms with Gasteiger partial charge in [-0.05, 0) is 62.2 Å². The van der Waals surface area contributed by atoms with Crippen molar-refractivity contribution in [3.05, 3.63) is 47.5 Å². The van der Waals surface area contributed by atoms with Crippen molar-refractivity contribution in [2.24, 2.45) is 0 Å². The Morgan fingerprint density at radius 1 is 1.06 bits per heavy atom. The fourth-order valence-corrected chi connectivity index (χ4v) is 4.62. The molecular formula is C25H30N4O3. The van der Waals surface area contributed by atoms with E-state index in [0.717, 1.165) is 65.0 Å². The summed E-state index contributed by atoms with van der Waals surface area (Å²) in [5.74, 6) is 3.27. The number of ether oxygens (including phenoxy) is 3. The molecule has 1 aliphatic carbocycles. The second-order valence-corrected chi connectivity index (χ2v) is 8.37. The third-order valence-corrected chi connectivity index (χ3v) is 6.29. The van der Waals surface area contributed by atoms with Gasteiger partial charge in [0, 0.05) is 35.8 Å². The standard InChI is InChI=1S/C25H30N4O3/c1-30-19-8-5-7-18(15-19)26-25-21-13-17-14-23(32-12-6-11-29-9-3-4-10-29)22(31-2)16-20(17)24(21)27-28-25/h5,7-8,14-16H,3-4,6,9-13H2,1-2H3,(H2,26,27,28). The molecule has 1 aromatic heterocycles. The Balaban J connectivity index is 1.30. The Hall–Kier alpha value is -3.19. The number of methoxy groups -OCH3 is 2. The highest BCUT2D eigenvalue weighted by atomic mass is 16.5. The van der Waals surface area contributed by atoms with E-state index in [4.69, 9.17) is 14.2 Å². The highest BCUT2D eigenvalue weighted by Gasteiger charge is 2.27. The first-order chi connectivity index (χ1) is 15.7. The van der Waals surface area contributed by atoms with Gasteiger partial charge in [-0.15, -0.1) is 0 Å². The number of H-pyrrole nitrogens is 1. The quantitative estimate of drug-likeness (QED) is 0.375. The lowest BCUT2D eigenvalue weighted by atomic mass is 10.1. The average molecular weight is 435 g/mol. The summed E-state index contributed by atoms with van der Waals surface area (Å²) in [6.45, 7) is 4.24. The van der Waals surface area contributed by atoms with Crippen LogP contribution in [0.3, 0.4) is 0 Å². The molecule has 2 aliphatic rings. The second-order valence-electron chi connectivity index (χ2n) is 8.37. The van der Waals surface area contributed by atoms with E-state index >= 15 is 0 Å². The van der Waals surface area contributed by atoms with Gasteiger partial charge < -0.3 is 24.4 Å². The summed E-state index contributed by atoms with van der Waals surface area (Å²) in [6, 6.07) is 12.0. The van der Waals surface area contributed by atoms with Crippen LogP contribution >= 0.6 is 0 Å². The zero-order valence-electron chi connectivity index (χ0n) is 18.7. The molecule has 168 valence electrons. The molecule has 0 saturated carbocycles. The predicted molar refractivity (Wildman–Crippen MR) is 125 cm³/mol. The molecule has 0 spiro atoms. The molecule has 32 heavy (non-hydrogen) atoms. The number of hydrogen-bond donors (Lipinski definition) is 2. The third kappa shape index (κ3) is 4.12. The van der Waals surface area contributed by atoms with E-state index in [1.807, 2.05) is 30.3 Å². The lowest BCUT2D eigenvalue weighted by Crippen LogP contribution is -2.21. The average Bonchev–Trinajstić information content (AvgIpc) is 3.55. The summed E-state index contributed by atoms with van der Waals surface area (Å²) in [4.78, 5) is 2.51. The highest BCUT2D eigenvalue weighted by molar-refractivity contribution is 5.81. The Morgan fingerprint density at radius 2 is 1.94 bits per heavy atom. The molecule has 7 heteroatoms. The Morgan fingerprint density at radius 3 is 2.75 bits per heavy atom. The normalized spacial score (nSPS) is 14.8. The number of rotatable bonds is 9. The summed E-state index contributed by atoms with van der Waals surface area (Å²) in [6.07, 6.45) is 4.46. The van der Waals surface area contributed by atoms with Gasteiger partial charge in [0.2, 0.25) is 0 Å². The second kappa shape index (κ2) is 9.12. The maximum Gasteiger partial charge on any atom is 0.161 e. The van der Waals surface area contributed by atoms with Crippen LogP contribution in [0.15, 0.2) is 36.4 Å². The largest absolute Gasteiger partial charge is 0.497 e. The zero-order chi connectivity index (χ0) is 21.9. The minimum absolute atomic E-state index is 0.694. The number of hydrogen-bond acceptors (Lipinski definition) is 6. The summed E-state index contributed by atoms with van der Waals surface area (Å²) in [5.41, 5.74) is 5.36. The number of nitrogens with one attached hydrogen (secondary N) is 2. The van der Waals surface area contributed by atoms with E-state index in [1.165, 1.54) is 31.5 Å². The maximum atomic E-state index is 6.13. The van der Waals surface area contributed by atoms with Crippen molar-refractivity contribution in [1.82, 2.24) is 15.1 Å². The molecule has 1 saturated heterocycles. The van der Waals surface area contributed by atoms with Crippen LogP contribution < -0.4 is 19.5 Å². The van der Waals surface area contributed by atoms with Gasteiger partial charge in [0.1, 0.15) is 11.6 Å². The van der Waals surface area contributed by atoms with Gasteiger partial charge in [0.25, 0.3) is 0 Å². The topological polar surface area (TPSA) is 71.6 Å². The van der Waals surface area contributed by atoms with Gasteiger partial charge in [0.15, 0.2) is 11.5 Å². The van der Waals surface area contributed by atoms with Gasteiger partial charge in [0.05, 0.1) is 26.5 Å². The summed E-state index contributed by atoms with van der Waals surface area (Å²) in [7, 11) is 3.36. The zero-order valence-corrected chi connectivity index (χ0v) is 18.7. The van der Waals surface area contributed by atoms with E-state index in [1.54, 1.807) is 14.2 Å². The van der Waals surface area contributed by atoms with Crippen molar-refractivity contribution in [3.8, 4) is 28.5 Å². The first kappa shape index (κ1) is 20.7. The molecule has 0 unspecified atom stereocenters. The molecule has 2 heterocycles. The molecule has 0 atom stereocenters. The molecule has 1 aliphatic heterocycles. The highest BCUT2D eigenvalue weighted by Crippen LogP contribution is 2.44. The van der Waals surface area contributed by atoms with E-state index in [0.29, 0.717) is 6.61 Å². The summed E-state index contributed by atoms with van der Waals surface area (Å²) in [5, 5.41) is 11.2. The van der Waals surface area contributed by atoms with E-state index in [9.17, 15) is 0 Å². The molecule has 5 rings (SSSR count). The van der Waals surface area contributed by atoms with Crippen LogP contribution in [0.2, 0.25) is 0 Å². The van der Waals surface area contributed by atoms with Crippen LogP contribution in [-0.2, 0) is 6.42 Å². The molecule has 7 nitrogen and oxygen atoms in total. The van der Waals surface area contributed by atoms with Crippen LogP contribution in [0.4, 0.5) is 11.5 Å². The first-order valence-corrected chi connectivity index (χ1v) is 11.3. The number of aromatic amines is 1. The third-order valence-electron chi connectivity index (χ3n) is 6.29. The fourth-order valence-electron chi connectivity index (χ4n) is 4.62. The SMILES string of the molecule is COc1cccc(Nc2[nH]nc3c2Cc2cc(OCCCN4CCCC4)c(OC)cc2-3)c1. The van der Waals surface area contributed by atoms with Crippen molar-refractivity contribution in [2.75, 3.05) is 45.8 Å². The van der Waals surface area contributed by atoms with Crippen LogP contribution in [0.25, 0.3) is 11.3 Å². The summed E-state index contributed by atoms with van der Waals surface area (Å²) >= 11 is 0. The van der Waals surface area contributed by atoms with Crippen LogP contribution in [0.1, 0.15) is 30.4 Å². The van der Waals surface area contributed by atoms with E-state index in [-0.39, 0.29) is 0 Å². The Kier molecular flexibility index (Phi) is 5.90. The number of anilines is 2. The van der Waals surface area contributed by atoms with E-state index in [2.05, 4.69) is 26.5 Å². The molecule has 3 aromatic rings. The van der Waals surface area contributed by atoms with Crippen molar-refractivity contribution >= 4 is 11.5 Å².